The second-order valence-electron chi connectivity index (χ2n) is 7.11. The summed E-state index contributed by atoms with van der Waals surface area (Å²) in [5.74, 6) is -2.36. The van der Waals surface area contributed by atoms with Crippen LogP contribution in [0.25, 0.3) is 0 Å². The van der Waals surface area contributed by atoms with Gasteiger partial charge in [0.25, 0.3) is 5.91 Å². The number of esters is 1. The van der Waals surface area contributed by atoms with Crippen molar-refractivity contribution in [3.05, 3.63) is 59.7 Å². The lowest BCUT2D eigenvalue weighted by Crippen LogP contribution is -2.42. The van der Waals surface area contributed by atoms with E-state index in [0.29, 0.717) is 11.1 Å². The summed E-state index contributed by atoms with van der Waals surface area (Å²) in [5, 5.41) is 0. The average molecular weight is 386 g/mol. The van der Waals surface area contributed by atoms with E-state index in [-0.39, 0.29) is 31.4 Å². The van der Waals surface area contributed by atoms with Gasteiger partial charge in [-0.1, -0.05) is 55.8 Å². The summed E-state index contributed by atoms with van der Waals surface area (Å²) in [4.78, 5) is 40.0. The summed E-state index contributed by atoms with van der Waals surface area (Å²) in [7, 11) is 0. The normalized spacial score (nSPS) is 11.5. The number of ether oxygens (including phenoxy) is 1. The predicted molar refractivity (Wildman–Crippen MR) is 110 cm³/mol. The minimum Gasteiger partial charge on any atom is -0.466 e. The van der Waals surface area contributed by atoms with Gasteiger partial charge in [-0.05, 0) is 32.8 Å². The molecule has 2 amide bonds. The lowest BCUT2D eigenvalue weighted by atomic mass is 9.90. The van der Waals surface area contributed by atoms with Gasteiger partial charge in [0.2, 0.25) is 5.91 Å². The van der Waals surface area contributed by atoms with Crippen LogP contribution in [-0.4, -0.2) is 29.3 Å². The number of amides is 2. The Morgan fingerprint density at radius 2 is 1.75 bits per heavy atom. The maximum absolute atomic E-state index is 13.5. The van der Waals surface area contributed by atoms with Crippen LogP contribution < -0.4 is 0 Å². The Kier molecular flexibility index (Phi) is 9.36. The molecule has 0 aliphatic heterocycles. The fraction of sp³-hybridized carbons (Fsp3) is 0.435. The van der Waals surface area contributed by atoms with Crippen molar-refractivity contribution in [2.75, 3.05) is 6.61 Å². The van der Waals surface area contributed by atoms with Gasteiger partial charge in [0.1, 0.15) is 0 Å². The first kappa shape index (κ1) is 23.3. The average Bonchev–Trinajstić information content (AvgIpc) is 2.65. The smallest absolute Gasteiger partial charge is 0.313 e. The van der Waals surface area contributed by atoms with Gasteiger partial charge >= 0.3 is 5.97 Å². The molecule has 1 aromatic carbocycles. The van der Waals surface area contributed by atoms with Gasteiger partial charge in [-0.3, -0.25) is 19.3 Å². The van der Waals surface area contributed by atoms with Crippen molar-refractivity contribution in [2.45, 2.75) is 47.6 Å². The second-order valence-corrected chi connectivity index (χ2v) is 7.11. The van der Waals surface area contributed by atoms with Crippen molar-refractivity contribution in [2.24, 2.45) is 11.8 Å². The molecule has 1 aromatic rings. The number of imide groups is 1. The van der Waals surface area contributed by atoms with Gasteiger partial charge in [-0.15, -0.1) is 6.58 Å². The predicted octanol–water partition coefficient (Wildman–Crippen LogP) is 4.29. The first-order valence-electron chi connectivity index (χ1n) is 9.59. The molecule has 0 radical (unpaired) electrons. The van der Waals surface area contributed by atoms with E-state index in [1.54, 1.807) is 40.7 Å². The Balaban J connectivity index is 3.37. The summed E-state index contributed by atoms with van der Waals surface area (Å²) in [6.07, 6.45) is 1.85. The van der Waals surface area contributed by atoms with Crippen molar-refractivity contribution in [1.29, 1.82) is 0 Å². The van der Waals surface area contributed by atoms with Crippen LogP contribution in [0, 0.1) is 11.8 Å². The van der Waals surface area contributed by atoms with Crippen molar-refractivity contribution >= 4 is 17.8 Å². The molecule has 0 spiro atoms. The summed E-state index contributed by atoms with van der Waals surface area (Å²) in [6.45, 7) is 12.8. The Bertz CT molecular complexity index is 730. The summed E-state index contributed by atoms with van der Waals surface area (Å²) >= 11 is 0. The number of carbonyl (C=O) groups excluding carboxylic acids is 3. The molecule has 152 valence electrons. The van der Waals surface area contributed by atoms with Crippen LogP contribution in [0.5, 0.6) is 0 Å². The summed E-state index contributed by atoms with van der Waals surface area (Å²) in [5.41, 5.74) is 1.82. The van der Waals surface area contributed by atoms with Gasteiger partial charge < -0.3 is 4.74 Å². The molecule has 28 heavy (non-hydrogen) atoms. The van der Waals surface area contributed by atoms with Gasteiger partial charge in [0.05, 0.1) is 19.1 Å². The molecule has 0 aliphatic carbocycles. The number of nitrogens with zero attached hydrogens (tertiary/aromatic N) is 1. The van der Waals surface area contributed by atoms with Crippen LogP contribution in [-0.2, 0) is 25.7 Å². The van der Waals surface area contributed by atoms with Crippen molar-refractivity contribution in [3.63, 3.8) is 0 Å². The largest absolute Gasteiger partial charge is 0.466 e. The number of hydrogen-bond donors (Lipinski definition) is 0. The first-order valence-corrected chi connectivity index (χ1v) is 9.59. The van der Waals surface area contributed by atoms with Gasteiger partial charge in [0.15, 0.2) is 0 Å². The number of rotatable bonds is 9. The molecule has 0 heterocycles. The van der Waals surface area contributed by atoms with Crippen LogP contribution in [0.1, 0.15) is 46.6 Å². The first-order chi connectivity index (χ1) is 13.2. The molecule has 5 nitrogen and oxygen atoms in total. The standard InChI is InChI=1S/C23H31NO4/c1-7-12-19(23(27)28-8-2)20(16(3)4)22(26)24(21(25)17(5)6)15-18-13-10-9-11-14-18/h7,9-11,13-14,17,19H,1,8,12,15H2,2-6H3. The minimum atomic E-state index is -0.784. The molecular weight excluding hydrogens is 354 g/mol. The molecule has 0 fully saturated rings. The quantitative estimate of drug-likeness (QED) is 0.361. The molecule has 1 atom stereocenters. The van der Waals surface area contributed by atoms with Gasteiger partial charge in [-0.2, -0.15) is 0 Å². The molecule has 1 unspecified atom stereocenters. The second kappa shape index (κ2) is 11.2. The molecule has 0 aliphatic rings. The lowest BCUT2D eigenvalue weighted by molar-refractivity contribution is -0.151. The summed E-state index contributed by atoms with van der Waals surface area (Å²) in [6, 6.07) is 9.32. The van der Waals surface area contributed by atoms with Crippen LogP contribution in [0.2, 0.25) is 0 Å². The number of hydrogen-bond acceptors (Lipinski definition) is 4. The number of benzene rings is 1. The van der Waals surface area contributed by atoms with Gasteiger partial charge in [-0.25, -0.2) is 0 Å². The van der Waals surface area contributed by atoms with E-state index in [9.17, 15) is 14.4 Å². The third-order valence-corrected chi connectivity index (χ3v) is 4.28. The molecule has 0 N–H and O–H groups in total. The maximum Gasteiger partial charge on any atom is 0.313 e. The number of carbonyl (C=O) groups is 3. The highest BCUT2D eigenvalue weighted by molar-refractivity contribution is 6.07. The van der Waals surface area contributed by atoms with E-state index in [0.717, 1.165) is 5.56 Å². The van der Waals surface area contributed by atoms with E-state index in [1.807, 2.05) is 30.3 Å². The Morgan fingerprint density at radius 3 is 2.21 bits per heavy atom. The Labute approximate surface area is 168 Å². The van der Waals surface area contributed by atoms with Crippen LogP contribution in [0.4, 0.5) is 0 Å². The third kappa shape index (κ3) is 6.19. The SMILES string of the molecule is C=CCC(C(=O)OCC)C(C(=O)N(Cc1ccccc1)C(=O)C(C)C)=C(C)C. The molecule has 5 heteroatoms. The molecule has 0 saturated heterocycles. The van der Waals surface area contributed by atoms with E-state index in [4.69, 9.17) is 4.74 Å². The van der Waals surface area contributed by atoms with E-state index >= 15 is 0 Å². The van der Waals surface area contributed by atoms with E-state index in [1.165, 1.54) is 4.90 Å². The minimum absolute atomic E-state index is 0.150. The van der Waals surface area contributed by atoms with Crippen molar-refractivity contribution < 1.29 is 19.1 Å². The van der Waals surface area contributed by atoms with E-state index in [2.05, 4.69) is 6.58 Å². The van der Waals surface area contributed by atoms with Crippen LogP contribution in [0.3, 0.4) is 0 Å². The topological polar surface area (TPSA) is 63.7 Å². The third-order valence-electron chi connectivity index (χ3n) is 4.28. The van der Waals surface area contributed by atoms with Gasteiger partial charge in [0, 0.05) is 11.5 Å². The monoisotopic (exact) mass is 385 g/mol. The van der Waals surface area contributed by atoms with E-state index < -0.39 is 17.8 Å². The molecule has 1 rings (SSSR count). The van der Waals surface area contributed by atoms with Crippen molar-refractivity contribution in [3.8, 4) is 0 Å². The zero-order valence-electron chi connectivity index (χ0n) is 17.5. The fourth-order valence-electron chi connectivity index (χ4n) is 2.93. The Hall–Kier alpha value is -2.69. The molecule has 0 saturated carbocycles. The van der Waals surface area contributed by atoms with Crippen LogP contribution in [0.15, 0.2) is 54.1 Å². The highest BCUT2D eigenvalue weighted by Gasteiger charge is 2.34. The number of allylic oxidation sites excluding steroid dienone is 2. The zero-order chi connectivity index (χ0) is 21.3. The molecule has 0 bridgehead atoms. The maximum atomic E-state index is 13.5. The zero-order valence-corrected chi connectivity index (χ0v) is 17.5. The summed E-state index contributed by atoms with van der Waals surface area (Å²) < 4.78 is 5.17. The lowest BCUT2D eigenvalue weighted by Gasteiger charge is -2.27. The molecule has 0 aromatic heterocycles. The van der Waals surface area contributed by atoms with Crippen molar-refractivity contribution in [1.82, 2.24) is 4.90 Å². The highest BCUT2D eigenvalue weighted by Crippen LogP contribution is 2.25. The molecular formula is C23H31NO4. The highest BCUT2D eigenvalue weighted by atomic mass is 16.5. The fourth-order valence-corrected chi connectivity index (χ4v) is 2.93. The van der Waals surface area contributed by atoms with Crippen LogP contribution >= 0.6 is 0 Å². The Morgan fingerprint density at radius 1 is 1.14 bits per heavy atom.